The Bertz CT molecular complexity index is 525. The molecule has 0 radical (unpaired) electrons. The van der Waals surface area contributed by atoms with Crippen molar-refractivity contribution < 1.29 is 19.6 Å². The Morgan fingerprint density at radius 3 is 2.79 bits per heavy atom. The van der Waals surface area contributed by atoms with Crippen LogP contribution in [0.1, 0.15) is 18.0 Å². The number of rotatable bonds is 2. The summed E-state index contributed by atoms with van der Waals surface area (Å²) in [5.41, 5.74) is 0.142. The van der Waals surface area contributed by atoms with Crippen molar-refractivity contribution in [2.45, 2.75) is 12.5 Å². The maximum atomic E-state index is 11.1. The lowest BCUT2D eigenvalue weighted by Gasteiger charge is -2.24. The van der Waals surface area contributed by atoms with Gasteiger partial charge in [-0.15, -0.1) is 12.4 Å². The number of nitro benzene ring substituents is 1. The molecule has 0 aromatic heterocycles. The summed E-state index contributed by atoms with van der Waals surface area (Å²) in [7, 11) is 0. The highest BCUT2D eigenvalue weighted by Crippen LogP contribution is 2.37. The Morgan fingerprint density at radius 1 is 1.53 bits per heavy atom. The fraction of sp³-hybridized carbons (Fsp3) is 0.300. The maximum Gasteiger partial charge on any atom is 0.407 e. The van der Waals surface area contributed by atoms with E-state index in [2.05, 4.69) is 21.2 Å². The first-order valence-electron chi connectivity index (χ1n) is 5.09. The van der Waals surface area contributed by atoms with Crippen LogP contribution in [-0.2, 0) is 4.74 Å². The number of carbonyl (C=O) groups excluding carboxylic acids is 1. The average Bonchev–Trinajstić information content (AvgIpc) is 2.32. The molecule has 0 spiro atoms. The molecule has 9 heteroatoms. The average molecular weight is 354 g/mol. The molecule has 1 aromatic carbocycles. The molecule has 1 aliphatic heterocycles. The summed E-state index contributed by atoms with van der Waals surface area (Å²) in [5.74, 6) is -0.118. The second-order valence-electron chi connectivity index (χ2n) is 3.74. The zero-order valence-electron chi connectivity index (χ0n) is 9.46. The topological polar surface area (TPSA) is 102 Å². The number of hydrogen-bond acceptors (Lipinski definition) is 5. The van der Waals surface area contributed by atoms with E-state index in [1.165, 1.54) is 12.1 Å². The van der Waals surface area contributed by atoms with Gasteiger partial charge in [-0.2, -0.15) is 0 Å². The van der Waals surface area contributed by atoms with E-state index in [0.717, 1.165) is 0 Å². The molecule has 1 aliphatic rings. The molecule has 1 heterocycles. The van der Waals surface area contributed by atoms with Crippen LogP contribution in [-0.4, -0.2) is 22.7 Å². The van der Waals surface area contributed by atoms with Crippen LogP contribution in [0.5, 0.6) is 5.75 Å². The molecule has 1 aromatic rings. The molecular formula is C10H10BrClN2O5. The second kappa shape index (κ2) is 6.07. The lowest BCUT2D eigenvalue weighted by Crippen LogP contribution is -2.35. The van der Waals surface area contributed by atoms with Gasteiger partial charge >= 0.3 is 6.09 Å². The van der Waals surface area contributed by atoms with Gasteiger partial charge in [0.1, 0.15) is 5.75 Å². The fourth-order valence-electron chi connectivity index (χ4n) is 1.74. The van der Waals surface area contributed by atoms with Crippen molar-refractivity contribution >= 4 is 40.1 Å². The lowest BCUT2D eigenvalue weighted by atomic mass is 10.0. The highest BCUT2D eigenvalue weighted by molar-refractivity contribution is 9.10. The number of hydrogen-bond donors (Lipinski definition) is 2. The van der Waals surface area contributed by atoms with E-state index in [0.29, 0.717) is 12.0 Å². The van der Waals surface area contributed by atoms with E-state index in [9.17, 15) is 20.0 Å². The van der Waals surface area contributed by atoms with Gasteiger partial charge in [0, 0.05) is 24.1 Å². The number of amides is 1. The molecule has 2 N–H and O–H groups in total. The standard InChI is InChI=1S/C10H9BrN2O5.ClH/c11-7-4-5(13(16)17)3-6(9(7)14)8-1-2-18-10(15)12-8;/h3-4,8,14H,1-2H2,(H,12,15);1H/t8-;/m0./s1. The van der Waals surface area contributed by atoms with Gasteiger partial charge in [0.25, 0.3) is 5.69 Å². The highest BCUT2D eigenvalue weighted by atomic mass is 79.9. The Kier molecular flexibility index (Phi) is 4.96. The highest BCUT2D eigenvalue weighted by Gasteiger charge is 2.26. The van der Waals surface area contributed by atoms with Crippen molar-refractivity contribution in [3.63, 3.8) is 0 Å². The number of ether oxygens (including phenoxy) is 1. The molecule has 1 atom stereocenters. The number of aromatic hydroxyl groups is 1. The summed E-state index contributed by atoms with van der Waals surface area (Å²) in [6, 6.07) is 1.96. The number of nitro groups is 1. The summed E-state index contributed by atoms with van der Waals surface area (Å²) < 4.78 is 4.92. The molecule has 1 fully saturated rings. The Morgan fingerprint density at radius 2 is 2.21 bits per heavy atom. The van der Waals surface area contributed by atoms with Gasteiger partial charge in [0.2, 0.25) is 0 Å². The maximum absolute atomic E-state index is 11.1. The summed E-state index contributed by atoms with van der Waals surface area (Å²) >= 11 is 3.05. The Balaban J connectivity index is 0.00000180. The molecule has 0 saturated carbocycles. The molecule has 104 valence electrons. The van der Waals surface area contributed by atoms with Crippen LogP contribution in [0, 0.1) is 10.1 Å². The van der Waals surface area contributed by atoms with Crippen LogP contribution in [0.4, 0.5) is 10.5 Å². The van der Waals surface area contributed by atoms with Gasteiger partial charge < -0.3 is 15.2 Å². The molecule has 0 aliphatic carbocycles. The first-order chi connectivity index (χ1) is 8.49. The molecule has 0 unspecified atom stereocenters. The van der Waals surface area contributed by atoms with Crippen molar-refractivity contribution in [1.29, 1.82) is 0 Å². The van der Waals surface area contributed by atoms with E-state index in [4.69, 9.17) is 4.74 Å². The second-order valence-corrected chi connectivity index (χ2v) is 4.60. The van der Waals surface area contributed by atoms with Crippen molar-refractivity contribution in [1.82, 2.24) is 5.32 Å². The number of phenolic OH excluding ortho intramolecular Hbond substituents is 1. The molecule has 1 saturated heterocycles. The van der Waals surface area contributed by atoms with Gasteiger partial charge in [0.05, 0.1) is 22.0 Å². The number of alkyl carbamates (subject to hydrolysis) is 1. The minimum absolute atomic E-state index is 0. The zero-order chi connectivity index (χ0) is 13.3. The summed E-state index contributed by atoms with van der Waals surface area (Å²) in [5, 5.41) is 23.1. The van der Waals surface area contributed by atoms with Crippen LogP contribution >= 0.6 is 28.3 Å². The molecule has 2 rings (SSSR count). The van der Waals surface area contributed by atoms with Crippen LogP contribution in [0.25, 0.3) is 0 Å². The zero-order valence-corrected chi connectivity index (χ0v) is 11.9. The van der Waals surface area contributed by atoms with E-state index in [-0.39, 0.29) is 34.9 Å². The monoisotopic (exact) mass is 352 g/mol. The third-order valence-electron chi connectivity index (χ3n) is 2.60. The van der Waals surface area contributed by atoms with E-state index in [1.54, 1.807) is 0 Å². The first-order valence-corrected chi connectivity index (χ1v) is 5.88. The summed E-state index contributed by atoms with van der Waals surface area (Å²) in [6.45, 7) is 0.205. The van der Waals surface area contributed by atoms with Crippen molar-refractivity contribution in [3.8, 4) is 5.75 Å². The fourth-order valence-corrected chi connectivity index (χ4v) is 2.20. The van der Waals surface area contributed by atoms with Gasteiger partial charge in [-0.3, -0.25) is 10.1 Å². The predicted octanol–water partition coefficient (Wildman–Crippen LogP) is 2.66. The van der Waals surface area contributed by atoms with Gasteiger partial charge in [-0.1, -0.05) is 0 Å². The third-order valence-corrected chi connectivity index (χ3v) is 3.20. The quantitative estimate of drug-likeness (QED) is 0.628. The van der Waals surface area contributed by atoms with E-state index in [1.807, 2.05) is 0 Å². The number of carbonyl (C=O) groups is 1. The van der Waals surface area contributed by atoms with Crippen LogP contribution in [0.2, 0.25) is 0 Å². The van der Waals surface area contributed by atoms with Gasteiger partial charge in [-0.05, 0) is 15.9 Å². The van der Waals surface area contributed by atoms with E-state index < -0.39 is 17.1 Å². The van der Waals surface area contributed by atoms with Gasteiger partial charge in [-0.25, -0.2) is 4.79 Å². The minimum atomic E-state index is -0.603. The van der Waals surface area contributed by atoms with Gasteiger partial charge in [0.15, 0.2) is 0 Å². The SMILES string of the molecule is Cl.O=C1N[C@H](c2cc([N+](=O)[O-])cc(Br)c2O)CCO1. The first kappa shape index (κ1) is 15.5. The largest absolute Gasteiger partial charge is 0.506 e. The van der Waals surface area contributed by atoms with Crippen molar-refractivity contribution in [3.05, 3.63) is 32.3 Å². The number of cyclic esters (lactones) is 1. The predicted molar refractivity (Wildman–Crippen MR) is 71.6 cm³/mol. The smallest absolute Gasteiger partial charge is 0.407 e. The number of benzene rings is 1. The number of nitrogens with zero attached hydrogens (tertiary/aromatic N) is 1. The van der Waals surface area contributed by atoms with Crippen LogP contribution in [0.3, 0.4) is 0 Å². The number of non-ortho nitro benzene ring substituents is 1. The van der Waals surface area contributed by atoms with Crippen LogP contribution in [0.15, 0.2) is 16.6 Å². The van der Waals surface area contributed by atoms with Crippen molar-refractivity contribution in [2.75, 3.05) is 6.61 Å². The lowest BCUT2D eigenvalue weighted by molar-refractivity contribution is -0.385. The number of phenols is 1. The summed E-state index contributed by atoms with van der Waals surface area (Å²) in [6.07, 6.45) is -0.166. The molecule has 1 amide bonds. The summed E-state index contributed by atoms with van der Waals surface area (Å²) in [4.78, 5) is 21.3. The Hall–Kier alpha value is -1.54. The molecular weight excluding hydrogens is 343 g/mol. The normalized spacial score (nSPS) is 17.9. The Labute approximate surface area is 122 Å². The molecule has 19 heavy (non-hydrogen) atoms. The number of nitrogens with one attached hydrogen (secondary N) is 1. The number of halogens is 2. The minimum Gasteiger partial charge on any atom is -0.506 e. The van der Waals surface area contributed by atoms with Crippen LogP contribution < -0.4 is 5.32 Å². The molecule has 7 nitrogen and oxygen atoms in total. The van der Waals surface area contributed by atoms with E-state index >= 15 is 0 Å². The third kappa shape index (κ3) is 3.27. The van der Waals surface area contributed by atoms with Crippen molar-refractivity contribution in [2.24, 2.45) is 0 Å². The molecule has 0 bridgehead atoms.